The van der Waals surface area contributed by atoms with Gasteiger partial charge in [0.2, 0.25) is 5.91 Å². The minimum atomic E-state index is -2.55. The lowest BCUT2D eigenvalue weighted by atomic mass is 10.0. The highest BCUT2D eigenvalue weighted by molar-refractivity contribution is 7.80. The van der Waals surface area contributed by atoms with Crippen LogP contribution in [-0.2, 0) is 28.7 Å². The molecule has 1 amide bonds. The molecule has 51 heavy (non-hydrogen) atoms. The Kier molecular flexibility index (Phi) is 33.0. The van der Waals surface area contributed by atoms with Gasteiger partial charge in [-0.2, -0.15) is 12.6 Å². The van der Waals surface area contributed by atoms with Gasteiger partial charge in [-0.05, 0) is 19.3 Å². The van der Waals surface area contributed by atoms with Crippen LogP contribution in [-0.4, -0.2) is 64.5 Å². The number of nitrogens with two attached hydrogens (primary N) is 1. The summed E-state index contributed by atoms with van der Waals surface area (Å²) in [6.07, 6.45) is 28.5. The van der Waals surface area contributed by atoms with Crippen LogP contribution in [0.5, 0.6) is 0 Å². The molecule has 0 radical (unpaired) electrons. The first-order valence-corrected chi connectivity index (χ1v) is 21.6. The second kappa shape index (κ2) is 34.1. The monoisotopic (exact) mass is 743 g/mol. The van der Waals surface area contributed by atoms with Crippen LogP contribution >= 0.6 is 12.6 Å². The zero-order valence-corrected chi connectivity index (χ0v) is 33.9. The topological polar surface area (TPSA) is 136 Å². The number of nitrogens with zero attached hydrogens (tertiary/aromatic N) is 1. The quantitative estimate of drug-likeness (QED) is 0.0188. The number of aldehydes is 1. The van der Waals surface area contributed by atoms with Gasteiger partial charge in [0, 0.05) is 25.1 Å². The Labute approximate surface area is 317 Å². The van der Waals surface area contributed by atoms with Crippen molar-refractivity contribution in [3.8, 4) is 0 Å². The van der Waals surface area contributed by atoms with Crippen molar-refractivity contribution < 1.29 is 33.8 Å². The molecule has 0 aliphatic carbocycles. The molecule has 0 heterocycles. The van der Waals surface area contributed by atoms with E-state index in [1.165, 1.54) is 116 Å². The van der Waals surface area contributed by atoms with Crippen molar-refractivity contribution in [2.75, 3.05) is 12.3 Å². The highest BCUT2D eigenvalue weighted by Gasteiger charge is 2.52. The lowest BCUT2D eigenvalue weighted by Gasteiger charge is -2.41. The van der Waals surface area contributed by atoms with E-state index in [-0.39, 0.29) is 31.4 Å². The van der Waals surface area contributed by atoms with Crippen molar-refractivity contribution in [3.63, 3.8) is 0 Å². The number of amides is 1. The Morgan fingerprint density at radius 3 is 1.31 bits per heavy atom. The average Bonchev–Trinajstić information content (AvgIpc) is 3.12. The third kappa shape index (κ3) is 24.3. The van der Waals surface area contributed by atoms with Gasteiger partial charge in [-0.15, -0.1) is 0 Å². The van der Waals surface area contributed by atoms with Crippen LogP contribution in [0.1, 0.15) is 207 Å². The van der Waals surface area contributed by atoms with Crippen molar-refractivity contribution in [1.29, 1.82) is 0 Å². The molecule has 0 fully saturated rings. The van der Waals surface area contributed by atoms with E-state index in [4.69, 9.17) is 15.2 Å². The van der Waals surface area contributed by atoms with Gasteiger partial charge in [0.25, 0.3) is 6.29 Å². The Balaban J connectivity index is 4.89. The van der Waals surface area contributed by atoms with Gasteiger partial charge in [-0.25, -0.2) is 0 Å². The third-order valence-corrected chi connectivity index (χ3v) is 10.1. The van der Waals surface area contributed by atoms with Crippen LogP contribution in [0.4, 0.5) is 0 Å². The molecule has 0 aromatic heterocycles. The fraction of sp³-hybridized carbons (Fsp3) is 0.902. The summed E-state index contributed by atoms with van der Waals surface area (Å²) in [6.45, 7) is 6.18. The van der Waals surface area contributed by atoms with E-state index in [1.807, 2.05) is 0 Å². The van der Waals surface area contributed by atoms with Crippen molar-refractivity contribution in [1.82, 2.24) is 4.90 Å². The van der Waals surface area contributed by atoms with Gasteiger partial charge in [-0.1, -0.05) is 175 Å². The van der Waals surface area contributed by atoms with E-state index >= 15 is 0 Å². The summed E-state index contributed by atoms with van der Waals surface area (Å²) < 4.78 is 10.9. The molecule has 0 aromatic rings. The molecule has 3 atom stereocenters. The number of aliphatic hydroxyl groups excluding tert-OH is 1. The zero-order valence-electron chi connectivity index (χ0n) is 33.0. The molecule has 0 spiro atoms. The van der Waals surface area contributed by atoms with E-state index in [1.54, 1.807) is 6.92 Å². The summed E-state index contributed by atoms with van der Waals surface area (Å²) in [5.74, 6) is -2.26. The van der Waals surface area contributed by atoms with E-state index in [9.17, 15) is 24.3 Å². The van der Waals surface area contributed by atoms with Crippen LogP contribution in [0.15, 0.2) is 0 Å². The van der Waals surface area contributed by atoms with Crippen molar-refractivity contribution >= 4 is 36.8 Å². The Hall–Kier alpha value is -1.65. The van der Waals surface area contributed by atoms with E-state index in [2.05, 4.69) is 26.5 Å². The minimum Gasteiger partial charge on any atom is -0.429 e. The molecule has 0 rings (SSSR count). The van der Waals surface area contributed by atoms with Gasteiger partial charge in [0.15, 0.2) is 6.29 Å². The van der Waals surface area contributed by atoms with Gasteiger partial charge in [0.1, 0.15) is 0 Å². The molecule has 300 valence electrons. The summed E-state index contributed by atoms with van der Waals surface area (Å²) in [6, 6.07) is -1.12. The molecule has 9 nitrogen and oxygen atoms in total. The van der Waals surface area contributed by atoms with Gasteiger partial charge in [-0.3, -0.25) is 24.1 Å². The summed E-state index contributed by atoms with van der Waals surface area (Å²) in [5.41, 5.74) is 3.42. The van der Waals surface area contributed by atoms with Gasteiger partial charge in [0.05, 0.1) is 6.04 Å². The number of aliphatic hydroxyl groups is 1. The fourth-order valence-corrected chi connectivity index (χ4v) is 6.58. The maximum Gasteiger partial charge on any atom is 0.308 e. The van der Waals surface area contributed by atoms with Crippen LogP contribution < -0.4 is 5.73 Å². The lowest BCUT2D eigenvalue weighted by Crippen LogP contribution is -2.66. The maximum absolute atomic E-state index is 13.3. The lowest BCUT2D eigenvalue weighted by molar-refractivity contribution is -0.256. The molecular formula is C41H78N2O7S. The highest BCUT2D eigenvalue weighted by atomic mass is 32.1. The first-order chi connectivity index (χ1) is 24.7. The number of esters is 2. The van der Waals surface area contributed by atoms with Crippen molar-refractivity contribution in [3.05, 3.63) is 0 Å². The Morgan fingerprint density at radius 1 is 0.627 bits per heavy atom. The van der Waals surface area contributed by atoms with Crippen molar-refractivity contribution in [2.24, 2.45) is 5.73 Å². The molecule has 10 heteroatoms. The fourth-order valence-electron chi connectivity index (χ4n) is 6.42. The van der Waals surface area contributed by atoms with Crippen LogP contribution in [0.25, 0.3) is 0 Å². The van der Waals surface area contributed by atoms with E-state index < -0.39 is 35.9 Å². The molecule has 0 saturated heterocycles. The van der Waals surface area contributed by atoms with E-state index in [0.717, 1.165) is 43.4 Å². The first kappa shape index (κ1) is 49.4. The molecule has 1 unspecified atom stereocenters. The minimum absolute atomic E-state index is 0.000246. The number of carbonyl (C=O) groups excluding carboxylic acids is 4. The summed E-state index contributed by atoms with van der Waals surface area (Å²) in [5, 5.41) is 11.2. The van der Waals surface area contributed by atoms with Gasteiger partial charge >= 0.3 is 17.7 Å². The molecular weight excluding hydrogens is 665 g/mol. The molecule has 0 aliphatic heterocycles. The van der Waals surface area contributed by atoms with Crippen molar-refractivity contribution in [2.45, 2.75) is 225 Å². The largest absolute Gasteiger partial charge is 0.429 e. The number of rotatable bonds is 37. The second-order valence-electron chi connectivity index (χ2n) is 14.5. The van der Waals surface area contributed by atoms with Crippen LogP contribution in [0, 0.1) is 0 Å². The molecule has 0 aromatic carbocycles. The predicted octanol–water partition coefficient (Wildman–Crippen LogP) is 9.74. The zero-order chi connectivity index (χ0) is 38.0. The van der Waals surface area contributed by atoms with Crippen LogP contribution in [0.3, 0.4) is 0 Å². The number of unbranched alkanes of at least 4 members (excludes halogenated alkanes) is 24. The summed E-state index contributed by atoms with van der Waals surface area (Å²) in [7, 11) is 0. The molecule has 0 bridgehead atoms. The van der Waals surface area contributed by atoms with E-state index in [0.29, 0.717) is 19.3 Å². The molecule has 0 aliphatic rings. The highest BCUT2D eigenvalue weighted by Crippen LogP contribution is 2.26. The standard InChI is InChI=1S/C41H78N2O7S/c1-4-7-9-11-13-15-17-19-21-23-25-27-29-31-37(45)49-40(48)41(35-44,43(33-6-3)39(47)36(42)34-51)50-38(46)32-30-28-26-24-22-20-18-16-14-12-10-8-5-2/h35-36,40,48,51H,4-34,42H2,1-3H3/t36-,40?,41-/m0/s1. The number of hydrogen-bond acceptors (Lipinski definition) is 9. The predicted molar refractivity (Wildman–Crippen MR) is 211 cm³/mol. The molecule has 0 saturated carbocycles. The number of thiol groups is 1. The normalized spacial score (nSPS) is 13.7. The third-order valence-electron chi connectivity index (χ3n) is 9.66. The maximum atomic E-state index is 13.3. The summed E-state index contributed by atoms with van der Waals surface area (Å²) in [4.78, 5) is 52.8. The summed E-state index contributed by atoms with van der Waals surface area (Å²) >= 11 is 4.11. The number of hydrogen-bond donors (Lipinski definition) is 3. The van der Waals surface area contributed by atoms with Gasteiger partial charge < -0.3 is 20.3 Å². The Morgan fingerprint density at radius 2 is 0.980 bits per heavy atom. The smallest absolute Gasteiger partial charge is 0.308 e. The second-order valence-corrected chi connectivity index (χ2v) is 14.8. The van der Waals surface area contributed by atoms with Crippen LogP contribution in [0.2, 0.25) is 0 Å². The first-order valence-electron chi connectivity index (χ1n) is 21.0. The number of carbonyl (C=O) groups is 4. The Bertz CT molecular complexity index is 877. The average molecular weight is 743 g/mol. The number of ether oxygens (including phenoxy) is 2. The SMILES string of the molecule is CCCCCCCCCCCCCCCC(=O)OC(O)[C@](C=O)(OC(=O)CCCCCCCCCCCCCCC)N(CCC)C(=O)[C@@H](N)CS. The molecule has 3 N–H and O–H groups in total.